The number of hydrogen-bond acceptors (Lipinski definition) is 2. The van der Waals surface area contributed by atoms with Crippen LogP contribution in [0, 0.1) is 5.82 Å². The van der Waals surface area contributed by atoms with E-state index in [0.29, 0.717) is 5.69 Å². The standard InChI is InChI=1S/C14H13BrFNS/c15-11-6-7-13(16)14(10-11)17-8-9-18-12-4-2-1-3-5-12/h1-7,10,17H,8-9H2. The summed E-state index contributed by atoms with van der Waals surface area (Å²) in [4.78, 5) is 1.23. The molecule has 0 aromatic heterocycles. The van der Waals surface area contributed by atoms with Gasteiger partial charge in [-0.15, -0.1) is 11.8 Å². The summed E-state index contributed by atoms with van der Waals surface area (Å²) in [5.74, 6) is 0.679. The first-order chi connectivity index (χ1) is 8.75. The zero-order valence-corrected chi connectivity index (χ0v) is 12.1. The van der Waals surface area contributed by atoms with Crippen molar-refractivity contribution in [3.05, 3.63) is 58.8 Å². The third kappa shape index (κ3) is 4.03. The molecule has 1 N–H and O–H groups in total. The predicted octanol–water partition coefficient (Wildman–Crippen LogP) is 4.79. The fourth-order valence-corrected chi connectivity index (χ4v) is 2.65. The average molecular weight is 326 g/mol. The highest BCUT2D eigenvalue weighted by Gasteiger charge is 2.01. The molecular weight excluding hydrogens is 313 g/mol. The highest BCUT2D eigenvalue weighted by Crippen LogP contribution is 2.21. The first-order valence-electron chi connectivity index (χ1n) is 5.62. The highest BCUT2D eigenvalue weighted by molar-refractivity contribution is 9.10. The Morgan fingerprint density at radius 3 is 2.67 bits per heavy atom. The van der Waals surface area contributed by atoms with E-state index in [1.165, 1.54) is 11.0 Å². The van der Waals surface area contributed by atoms with Gasteiger partial charge in [-0.1, -0.05) is 34.1 Å². The molecule has 0 bridgehead atoms. The molecule has 0 radical (unpaired) electrons. The summed E-state index contributed by atoms with van der Waals surface area (Å²) in [7, 11) is 0. The minimum absolute atomic E-state index is 0.220. The van der Waals surface area contributed by atoms with Gasteiger partial charge in [0.25, 0.3) is 0 Å². The van der Waals surface area contributed by atoms with Crippen molar-refractivity contribution in [1.82, 2.24) is 0 Å². The molecule has 94 valence electrons. The van der Waals surface area contributed by atoms with Gasteiger partial charge in [-0.25, -0.2) is 4.39 Å². The van der Waals surface area contributed by atoms with E-state index in [1.807, 2.05) is 18.2 Å². The van der Waals surface area contributed by atoms with Crippen LogP contribution in [-0.2, 0) is 0 Å². The van der Waals surface area contributed by atoms with E-state index < -0.39 is 0 Å². The fourth-order valence-electron chi connectivity index (χ4n) is 1.50. The van der Waals surface area contributed by atoms with Crippen molar-refractivity contribution in [3.63, 3.8) is 0 Å². The minimum Gasteiger partial charge on any atom is -0.382 e. The molecule has 0 unspecified atom stereocenters. The monoisotopic (exact) mass is 325 g/mol. The molecule has 2 aromatic rings. The summed E-state index contributed by atoms with van der Waals surface area (Å²) in [6, 6.07) is 15.1. The highest BCUT2D eigenvalue weighted by atomic mass is 79.9. The predicted molar refractivity (Wildman–Crippen MR) is 79.8 cm³/mol. The molecular formula is C14H13BrFNS. The quantitative estimate of drug-likeness (QED) is 0.626. The summed E-state index contributed by atoms with van der Waals surface area (Å²) in [5, 5.41) is 3.10. The number of thioether (sulfide) groups is 1. The number of halogens is 2. The lowest BCUT2D eigenvalue weighted by Gasteiger charge is -2.07. The van der Waals surface area contributed by atoms with Crippen LogP contribution in [0.3, 0.4) is 0 Å². The summed E-state index contributed by atoms with van der Waals surface area (Å²) in [6.07, 6.45) is 0. The molecule has 4 heteroatoms. The molecule has 0 atom stereocenters. The molecule has 0 aliphatic heterocycles. The van der Waals surface area contributed by atoms with Gasteiger partial charge in [-0.2, -0.15) is 0 Å². The number of anilines is 1. The van der Waals surface area contributed by atoms with Crippen LogP contribution in [0.25, 0.3) is 0 Å². The normalized spacial score (nSPS) is 10.3. The average Bonchev–Trinajstić information content (AvgIpc) is 2.40. The zero-order chi connectivity index (χ0) is 12.8. The Bertz CT molecular complexity index is 504. The van der Waals surface area contributed by atoms with Crippen molar-refractivity contribution < 1.29 is 4.39 Å². The Kier molecular flexibility index (Phi) is 5.08. The van der Waals surface area contributed by atoms with Crippen molar-refractivity contribution in [2.75, 3.05) is 17.6 Å². The van der Waals surface area contributed by atoms with E-state index in [1.54, 1.807) is 23.9 Å². The van der Waals surface area contributed by atoms with Crippen molar-refractivity contribution in [3.8, 4) is 0 Å². The van der Waals surface area contributed by atoms with E-state index >= 15 is 0 Å². The molecule has 0 aliphatic carbocycles. The number of hydrogen-bond donors (Lipinski definition) is 1. The van der Waals surface area contributed by atoms with Crippen LogP contribution in [-0.4, -0.2) is 12.3 Å². The Balaban J connectivity index is 1.80. The minimum atomic E-state index is -0.220. The zero-order valence-electron chi connectivity index (χ0n) is 9.70. The van der Waals surface area contributed by atoms with Gasteiger partial charge in [-0.3, -0.25) is 0 Å². The lowest BCUT2D eigenvalue weighted by molar-refractivity contribution is 0.630. The van der Waals surface area contributed by atoms with Gasteiger partial charge in [-0.05, 0) is 30.3 Å². The fraction of sp³-hybridized carbons (Fsp3) is 0.143. The van der Waals surface area contributed by atoms with Gasteiger partial charge in [0.2, 0.25) is 0 Å². The topological polar surface area (TPSA) is 12.0 Å². The molecule has 18 heavy (non-hydrogen) atoms. The molecule has 2 aromatic carbocycles. The van der Waals surface area contributed by atoms with E-state index in [2.05, 4.69) is 33.4 Å². The van der Waals surface area contributed by atoms with Crippen LogP contribution < -0.4 is 5.32 Å². The van der Waals surface area contributed by atoms with Crippen molar-refractivity contribution in [1.29, 1.82) is 0 Å². The lowest BCUT2D eigenvalue weighted by atomic mass is 10.3. The van der Waals surface area contributed by atoms with Crippen LogP contribution in [0.15, 0.2) is 57.9 Å². The Morgan fingerprint density at radius 1 is 1.11 bits per heavy atom. The van der Waals surface area contributed by atoms with Crippen molar-refractivity contribution >= 4 is 33.4 Å². The van der Waals surface area contributed by atoms with E-state index in [0.717, 1.165) is 16.8 Å². The molecule has 2 rings (SSSR count). The molecule has 0 fully saturated rings. The van der Waals surface area contributed by atoms with Gasteiger partial charge >= 0.3 is 0 Å². The first-order valence-corrected chi connectivity index (χ1v) is 7.40. The van der Waals surface area contributed by atoms with Gasteiger partial charge in [0.1, 0.15) is 5.82 Å². The maximum absolute atomic E-state index is 13.4. The lowest BCUT2D eigenvalue weighted by Crippen LogP contribution is -2.05. The number of benzene rings is 2. The Hall–Kier alpha value is -1.00. The Labute approximate surface area is 119 Å². The summed E-state index contributed by atoms with van der Waals surface area (Å²) < 4.78 is 14.3. The van der Waals surface area contributed by atoms with Crippen molar-refractivity contribution in [2.24, 2.45) is 0 Å². The van der Waals surface area contributed by atoms with Gasteiger partial charge in [0.15, 0.2) is 0 Å². The second-order valence-corrected chi connectivity index (χ2v) is 5.80. The second kappa shape index (κ2) is 6.81. The largest absolute Gasteiger partial charge is 0.382 e. The van der Waals surface area contributed by atoms with Crippen LogP contribution in [0.1, 0.15) is 0 Å². The van der Waals surface area contributed by atoms with Crippen LogP contribution >= 0.6 is 27.7 Å². The molecule has 0 aliphatic rings. The molecule has 1 nitrogen and oxygen atoms in total. The Morgan fingerprint density at radius 2 is 1.89 bits per heavy atom. The van der Waals surface area contributed by atoms with Gasteiger partial charge < -0.3 is 5.32 Å². The third-order valence-electron chi connectivity index (χ3n) is 2.36. The first kappa shape index (κ1) is 13.4. The molecule has 0 heterocycles. The summed E-state index contributed by atoms with van der Waals surface area (Å²) in [6.45, 7) is 0.729. The van der Waals surface area contributed by atoms with Gasteiger partial charge in [0, 0.05) is 21.7 Å². The van der Waals surface area contributed by atoms with Crippen molar-refractivity contribution in [2.45, 2.75) is 4.90 Å². The number of nitrogens with one attached hydrogen (secondary N) is 1. The van der Waals surface area contributed by atoms with Gasteiger partial charge in [0.05, 0.1) is 5.69 Å². The van der Waals surface area contributed by atoms with E-state index in [9.17, 15) is 4.39 Å². The SMILES string of the molecule is Fc1ccc(Br)cc1NCCSc1ccccc1. The summed E-state index contributed by atoms with van der Waals surface area (Å²) >= 11 is 5.08. The van der Waals surface area contributed by atoms with E-state index in [-0.39, 0.29) is 5.82 Å². The van der Waals surface area contributed by atoms with E-state index in [4.69, 9.17) is 0 Å². The molecule has 0 saturated carbocycles. The third-order valence-corrected chi connectivity index (χ3v) is 3.86. The summed E-state index contributed by atoms with van der Waals surface area (Å²) in [5.41, 5.74) is 0.540. The van der Waals surface area contributed by atoms with Crippen LogP contribution in [0.2, 0.25) is 0 Å². The molecule has 0 saturated heterocycles. The second-order valence-electron chi connectivity index (χ2n) is 3.71. The maximum atomic E-state index is 13.4. The molecule has 0 amide bonds. The maximum Gasteiger partial charge on any atom is 0.146 e. The van der Waals surface area contributed by atoms with Crippen LogP contribution in [0.4, 0.5) is 10.1 Å². The number of rotatable bonds is 5. The molecule has 0 spiro atoms. The smallest absolute Gasteiger partial charge is 0.146 e. The van der Waals surface area contributed by atoms with Crippen LogP contribution in [0.5, 0.6) is 0 Å².